The van der Waals surface area contributed by atoms with Gasteiger partial charge in [0.05, 0.1) is 17.8 Å². The number of benzene rings is 1. The van der Waals surface area contributed by atoms with Crippen LogP contribution < -0.4 is 15.0 Å². The third-order valence-electron chi connectivity index (χ3n) is 8.14. The van der Waals surface area contributed by atoms with Crippen LogP contribution in [-0.2, 0) is 4.79 Å². The number of carbonyl (C=O) groups is 2. The lowest BCUT2D eigenvalue weighted by Gasteiger charge is -2.54. The highest BCUT2D eigenvalue weighted by molar-refractivity contribution is 5.97. The van der Waals surface area contributed by atoms with Crippen LogP contribution in [-0.4, -0.2) is 89.1 Å². The van der Waals surface area contributed by atoms with Gasteiger partial charge in [-0.2, -0.15) is 0 Å². The van der Waals surface area contributed by atoms with Crippen molar-refractivity contribution in [1.29, 1.82) is 0 Å². The summed E-state index contributed by atoms with van der Waals surface area (Å²) in [5.41, 5.74) is 0.217. The van der Waals surface area contributed by atoms with Crippen molar-refractivity contribution in [3.8, 4) is 11.5 Å². The number of hydrogen-bond donors (Lipinski definition) is 1. The van der Waals surface area contributed by atoms with Crippen LogP contribution in [0.3, 0.4) is 0 Å². The molecule has 3 aliphatic heterocycles. The van der Waals surface area contributed by atoms with Crippen molar-refractivity contribution in [1.82, 2.24) is 25.1 Å². The first-order valence-electron chi connectivity index (χ1n) is 13.7. The summed E-state index contributed by atoms with van der Waals surface area (Å²) in [4.78, 5) is 40.2. The fraction of sp³-hybridized carbons (Fsp3) is 0.571. The van der Waals surface area contributed by atoms with Crippen LogP contribution in [0.1, 0.15) is 50.4 Å². The molecule has 1 aromatic heterocycles. The van der Waals surface area contributed by atoms with Gasteiger partial charge in [-0.3, -0.25) is 9.59 Å². The predicted molar refractivity (Wildman–Crippen MR) is 142 cm³/mol. The summed E-state index contributed by atoms with van der Waals surface area (Å²) in [5, 5.41) is 2.99. The zero-order valence-electron chi connectivity index (χ0n) is 22.7. The highest BCUT2D eigenvalue weighted by Gasteiger charge is 2.47. The molecule has 0 bridgehead atoms. The Morgan fingerprint density at radius 1 is 1.23 bits per heavy atom. The molecule has 0 aliphatic carbocycles. The van der Waals surface area contributed by atoms with Gasteiger partial charge in [0.2, 0.25) is 5.91 Å². The quantitative estimate of drug-likeness (QED) is 0.574. The van der Waals surface area contributed by atoms with Crippen LogP contribution >= 0.6 is 0 Å². The van der Waals surface area contributed by atoms with E-state index in [-0.39, 0.29) is 47.5 Å². The van der Waals surface area contributed by atoms with E-state index >= 15 is 0 Å². The third-order valence-corrected chi connectivity index (χ3v) is 8.14. The first-order valence-corrected chi connectivity index (χ1v) is 13.7. The van der Waals surface area contributed by atoms with Gasteiger partial charge in [-0.25, -0.2) is 18.7 Å². The van der Waals surface area contributed by atoms with Crippen molar-refractivity contribution in [2.75, 3.05) is 44.2 Å². The van der Waals surface area contributed by atoms with Gasteiger partial charge in [0.15, 0.2) is 11.6 Å². The zero-order chi connectivity index (χ0) is 27.7. The molecule has 3 aliphatic rings. The summed E-state index contributed by atoms with van der Waals surface area (Å²) in [6.07, 6.45) is 4.03. The maximum atomic E-state index is 14.2. The lowest BCUT2D eigenvalue weighted by atomic mass is 9.72. The molecule has 1 spiro atoms. The van der Waals surface area contributed by atoms with Crippen LogP contribution in [0.5, 0.6) is 11.5 Å². The van der Waals surface area contributed by atoms with Gasteiger partial charge in [0.25, 0.3) is 5.91 Å². The predicted octanol–water partition coefficient (Wildman–Crippen LogP) is 3.41. The van der Waals surface area contributed by atoms with Gasteiger partial charge in [-0.05, 0) is 51.8 Å². The van der Waals surface area contributed by atoms with E-state index in [9.17, 15) is 18.4 Å². The molecule has 2 aromatic rings. The lowest BCUT2D eigenvalue weighted by molar-refractivity contribution is -0.135. The van der Waals surface area contributed by atoms with Crippen LogP contribution in [0.4, 0.5) is 14.6 Å². The number of aromatic nitrogens is 2. The number of hydrogen-bond acceptors (Lipinski definition) is 7. The number of alkyl halides is 1. The van der Waals surface area contributed by atoms with Crippen LogP contribution in [0.2, 0.25) is 0 Å². The van der Waals surface area contributed by atoms with Gasteiger partial charge in [-0.1, -0.05) is 0 Å². The Morgan fingerprint density at radius 3 is 2.62 bits per heavy atom. The number of amides is 2. The van der Waals surface area contributed by atoms with Crippen LogP contribution in [0, 0.1) is 11.2 Å². The molecule has 2 atom stereocenters. The Bertz CT molecular complexity index is 1210. The summed E-state index contributed by atoms with van der Waals surface area (Å²) in [5.74, 6) is 0.418. The first-order chi connectivity index (χ1) is 18.7. The molecule has 3 fully saturated rings. The minimum Gasteiger partial charge on any atom is -0.451 e. The van der Waals surface area contributed by atoms with E-state index in [1.807, 2.05) is 25.7 Å². The first kappa shape index (κ1) is 27.2. The van der Waals surface area contributed by atoms with E-state index in [1.165, 1.54) is 24.5 Å². The number of nitrogens with zero attached hydrogens (tertiary/aromatic N) is 5. The molecule has 1 N–H and O–H groups in total. The minimum absolute atomic E-state index is 0.00331. The summed E-state index contributed by atoms with van der Waals surface area (Å²) in [6, 6.07) is 3.46. The Labute approximate surface area is 227 Å². The van der Waals surface area contributed by atoms with Gasteiger partial charge < -0.3 is 24.8 Å². The smallest absolute Gasteiger partial charge is 0.257 e. The number of rotatable bonds is 7. The SMILES string of the molecule is CCN(C(=O)c1cc(F)ccc1Oc1cncnc1N1CC2(CCN(C(=O)[C@@H]3C[C@@H](F)CN3)CC2)C1)C(C)C. The van der Waals surface area contributed by atoms with Crippen LogP contribution in [0.15, 0.2) is 30.7 Å². The molecule has 0 unspecified atom stereocenters. The summed E-state index contributed by atoms with van der Waals surface area (Å²) < 4.78 is 33.9. The van der Waals surface area contributed by atoms with E-state index in [1.54, 1.807) is 11.1 Å². The second-order valence-electron chi connectivity index (χ2n) is 11.1. The molecule has 1 aromatic carbocycles. The standard InChI is InChI=1S/C28H36F2N6O3/c1-4-36(18(2)3)26(37)21-11-19(29)5-6-23(21)39-24-14-31-17-33-25(24)35-15-28(16-35)7-9-34(10-8-28)27(38)22-12-20(30)13-32-22/h5-6,11,14,17-18,20,22,32H,4,7-10,12-13,15-16H2,1-3H3/t20-,22+/m1/s1. The van der Waals surface area contributed by atoms with Crippen molar-refractivity contribution in [3.63, 3.8) is 0 Å². The summed E-state index contributed by atoms with van der Waals surface area (Å²) in [7, 11) is 0. The topological polar surface area (TPSA) is 90.9 Å². The highest BCUT2D eigenvalue weighted by Crippen LogP contribution is 2.45. The second-order valence-corrected chi connectivity index (χ2v) is 11.1. The largest absolute Gasteiger partial charge is 0.451 e. The second kappa shape index (κ2) is 11.0. The fourth-order valence-corrected chi connectivity index (χ4v) is 5.93. The molecular weight excluding hydrogens is 506 g/mol. The molecular formula is C28H36F2N6O3. The third kappa shape index (κ3) is 5.54. The average Bonchev–Trinajstić information content (AvgIpc) is 3.34. The Balaban J connectivity index is 1.26. The summed E-state index contributed by atoms with van der Waals surface area (Å²) in [6.45, 7) is 9.25. The number of halogens is 2. The fourth-order valence-electron chi connectivity index (χ4n) is 5.93. The Kier molecular flexibility index (Phi) is 7.70. The lowest BCUT2D eigenvalue weighted by Crippen LogP contribution is -2.62. The normalized spacial score (nSPS) is 22.2. The summed E-state index contributed by atoms with van der Waals surface area (Å²) >= 11 is 0. The van der Waals surface area contributed by atoms with Gasteiger partial charge in [-0.15, -0.1) is 0 Å². The van der Waals surface area contributed by atoms with E-state index in [4.69, 9.17) is 4.74 Å². The maximum Gasteiger partial charge on any atom is 0.257 e. The molecule has 39 heavy (non-hydrogen) atoms. The van der Waals surface area contributed by atoms with Gasteiger partial charge in [0.1, 0.15) is 24.1 Å². The maximum absolute atomic E-state index is 14.2. The van der Waals surface area contributed by atoms with Crippen molar-refractivity contribution < 1.29 is 23.1 Å². The number of likely N-dealkylation sites (tertiary alicyclic amines) is 1. The minimum atomic E-state index is -0.954. The average molecular weight is 543 g/mol. The van der Waals surface area contributed by atoms with Crippen LogP contribution in [0.25, 0.3) is 0 Å². The van der Waals surface area contributed by atoms with Crippen molar-refractivity contribution >= 4 is 17.6 Å². The highest BCUT2D eigenvalue weighted by atomic mass is 19.1. The molecule has 4 heterocycles. The number of nitrogens with one attached hydrogen (secondary N) is 1. The zero-order valence-corrected chi connectivity index (χ0v) is 22.7. The van der Waals surface area contributed by atoms with Gasteiger partial charge in [0, 0.05) is 57.1 Å². The van der Waals surface area contributed by atoms with E-state index in [0.29, 0.717) is 31.2 Å². The molecule has 5 rings (SSSR count). The van der Waals surface area contributed by atoms with Crippen molar-refractivity contribution in [2.45, 2.75) is 58.3 Å². The van der Waals surface area contributed by atoms with Crippen molar-refractivity contribution in [2.24, 2.45) is 5.41 Å². The Morgan fingerprint density at radius 2 is 1.97 bits per heavy atom. The monoisotopic (exact) mass is 542 g/mol. The van der Waals surface area contributed by atoms with E-state index in [0.717, 1.165) is 25.9 Å². The van der Waals surface area contributed by atoms with E-state index in [2.05, 4.69) is 20.2 Å². The molecule has 210 valence electrons. The molecule has 2 amide bonds. The number of anilines is 1. The molecule has 11 heteroatoms. The van der Waals surface area contributed by atoms with Gasteiger partial charge >= 0.3 is 0 Å². The molecule has 0 saturated carbocycles. The number of ether oxygens (including phenoxy) is 1. The number of carbonyl (C=O) groups excluding carboxylic acids is 2. The number of piperidine rings is 1. The van der Waals surface area contributed by atoms with E-state index < -0.39 is 18.0 Å². The molecule has 3 saturated heterocycles. The molecule has 9 nitrogen and oxygen atoms in total. The molecule has 0 radical (unpaired) electrons. The Hall–Kier alpha value is -3.34. The van der Waals surface area contributed by atoms with Crippen molar-refractivity contribution in [3.05, 3.63) is 42.1 Å².